The fourth-order valence-electron chi connectivity index (χ4n) is 2.73. The van der Waals surface area contributed by atoms with Crippen molar-refractivity contribution >= 4 is 11.9 Å². The molecule has 1 amide bonds. The number of methoxy groups -OCH3 is 1. The minimum absolute atomic E-state index is 0.113. The van der Waals surface area contributed by atoms with Gasteiger partial charge < -0.3 is 15.0 Å². The standard InChI is InChI=1S/C16H22N6O2/c1-11-8-14(20-21(11)2)15(23)19-12-4-6-22(7-5-12)16-17-9-13(24-3)10-18-16/h8-10,12H,4-7H2,1-3H3,(H,19,23). The molecular weight excluding hydrogens is 308 g/mol. The highest BCUT2D eigenvalue weighted by molar-refractivity contribution is 5.92. The van der Waals surface area contributed by atoms with Crippen LogP contribution in [0.15, 0.2) is 18.5 Å². The lowest BCUT2D eigenvalue weighted by molar-refractivity contribution is 0.0925. The first-order valence-corrected chi connectivity index (χ1v) is 7.99. The molecule has 128 valence electrons. The van der Waals surface area contributed by atoms with Crippen LogP contribution in [0.2, 0.25) is 0 Å². The van der Waals surface area contributed by atoms with E-state index in [2.05, 4.69) is 25.3 Å². The zero-order valence-electron chi connectivity index (χ0n) is 14.2. The number of aryl methyl sites for hydroxylation is 2. The molecule has 0 aliphatic carbocycles. The van der Waals surface area contributed by atoms with E-state index in [1.54, 1.807) is 30.3 Å². The minimum atomic E-state index is -0.113. The summed E-state index contributed by atoms with van der Waals surface area (Å²) in [6.45, 7) is 3.54. The van der Waals surface area contributed by atoms with Gasteiger partial charge in [-0.05, 0) is 25.8 Å². The quantitative estimate of drug-likeness (QED) is 0.897. The van der Waals surface area contributed by atoms with Crippen LogP contribution in [0, 0.1) is 6.92 Å². The first-order chi connectivity index (χ1) is 11.6. The van der Waals surface area contributed by atoms with Crippen LogP contribution in [-0.4, -0.2) is 51.9 Å². The number of anilines is 1. The molecule has 0 unspecified atom stereocenters. The van der Waals surface area contributed by atoms with Crippen molar-refractivity contribution in [3.05, 3.63) is 29.8 Å². The van der Waals surface area contributed by atoms with Crippen LogP contribution in [0.25, 0.3) is 0 Å². The van der Waals surface area contributed by atoms with Gasteiger partial charge in [0, 0.05) is 31.9 Å². The summed E-state index contributed by atoms with van der Waals surface area (Å²) >= 11 is 0. The minimum Gasteiger partial charge on any atom is -0.494 e. The molecule has 3 rings (SSSR count). The van der Waals surface area contributed by atoms with Gasteiger partial charge in [-0.2, -0.15) is 5.10 Å². The molecular formula is C16H22N6O2. The van der Waals surface area contributed by atoms with Crippen molar-refractivity contribution in [1.29, 1.82) is 0 Å². The Hall–Kier alpha value is -2.64. The molecule has 2 aromatic heterocycles. The highest BCUT2D eigenvalue weighted by Gasteiger charge is 2.23. The van der Waals surface area contributed by atoms with Crippen molar-refractivity contribution < 1.29 is 9.53 Å². The number of rotatable bonds is 4. The Balaban J connectivity index is 1.53. The zero-order chi connectivity index (χ0) is 17.1. The monoisotopic (exact) mass is 330 g/mol. The molecule has 0 saturated carbocycles. The van der Waals surface area contributed by atoms with Crippen molar-refractivity contribution in [3.63, 3.8) is 0 Å². The summed E-state index contributed by atoms with van der Waals surface area (Å²) in [6.07, 6.45) is 5.04. The molecule has 8 heteroatoms. The van der Waals surface area contributed by atoms with Crippen LogP contribution >= 0.6 is 0 Å². The molecule has 3 heterocycles. The Labute approximate surface area is 140 Å². The number of amides is 1. The Morgan fingerprint density at radius 2 is 1.96 bits per heavy atom. The molecule has 1 aliphatic heterocycles. The molecule has 1 saturated heterocycles. The van der Waals surface area contributed by atoms with Crippen LogP contribution in [0.1, 0.15) is 29.0 Å². The van der Waals surface area contributed by atoms with Gasteiger partial charge in [-0.25, -0.2) is 9.97 Å². The number of carbonyl (C=O) groups is 1. The van der Waals surface area contributed by atoms with E-state index in [9.17, 15) is 4.79 Å². The van der Waals surface area contributed by atoms with E-state index in [1.165, 1.54) is 0 Å². The summed E-state index contributed by atoms with van der Waals surface area (Å²) in [5, 5.41) is 7.28. The number of aromatic nitrogens is 4. The Morgan fingerprint density at radius 3 is 2.50 bits per heavy atom. The van der Waals surface area contributed by atoms with Gasteiger partial charge in [-0.3, -0.25) is 9.48 Å². The number of nitrogens with zero attached hydrogens (tertiary/aromatic N) is 5. The smallest absolute Gasteiger partial charge is 0.272 e. The summed E-state index contributed by atoms with van der Waals surface area (Å²) in [5.41, 5.74) is 1.43. The molecule has 0 aromatic carbocycles. The van der Waals surface area contributed by atoms with E-state index < -0.39 is 0 Å². The lowest BCUT2D eigenvalue weighted by atomic mass is 10.1. The molecule has 1 fully saturated rings. The molecule has 0 atom stereocenters. The van der Waals surface area contributed by atoms with Crippen LogP contribution in [0.4, 0.5) is 5.95 Å². The van der Waals surface area contributed by atoms with Gasteiger partial charge in [0.05, 0.1) is 19.5 Å². The second-order valence-corrected chi connectivity index (χ2v) is 5.95. The van der Waals surface area contributed by atoms with Gasteiger partial charge in [0.25, 0.3) is 5.91 Å². The van der Waals surface area contributed by atoms with Gasteiger partial charge in [0.2, 0.25) is 5.95 Å². The molecule has 8 nitrogen and oxygen atoms in total. The lowest BCUT2D eigenvalue weighted by Crippen LogP contribution is -2.45. The van der Waals surface area contributed by atoms with Crippen LogP contribution in [0.3, 0.4) is 0 Å². The van der Waals surface area contributed by atoms with Crippen LogP contribution in [0.5, 0.6) is 5.75 Å². The number of nitrogens with one attached hydrogen (secondary N) is 1. The topological polar surface area (TPSA) is 85.2 Å². The molecule has 0 spiro atoms. The average Bonchev–Trinajstić information content (AvgIpc) is 2.95. The van der Waals surface area contributed by atoms with Crippen molar-refractivity contribution in [1.82, 2.24) is 25.1 Å². The Kier molecular flexibility index (Phi) is 4.64. The maximum absolute atomic E-state index is 12.3. The van der Waals surface area contributed by atoms with Crippen molar-refractivity contribution in [3.8, 4) is 5.75 Å². The molecule has 1 aliphatic rings. The number of hydrogen-bond donors (Lipinski definition) is 1. The molecule has 1 N–H and O–H groups in total. The summed E-state index contributed by atoms with van der Waals surface area (Å²) in [5.74, 6) is 1.23. The normalized spacial score (nSPS) is 15.4. The van der Waals surface area contributed by atoms with E-state index in [-0.39, 0.29) is 11.9 Å². The summed E-state index contributed by atoms with van der Waals surface area (Å²) in [7, 11) is 3.43. The number of ether oxygens (including phenoxy) is 1. The maximum atomic E-state index is 12.3. The first kappa shape index (κ1) is 16.2. The number of hydrogen-bond acceptors (Lipinski definition) is 6. The largest absolute Gasteiger partial charge is 0.494 e. The third-order valence-corrected chi connectivity index (χ3v) is 4.31. The van der Waals surface area contributed by atoms with Gasteiger partial charge >= 0.3 is 0 Å². The summed E-state index contributed by atoms with van der Waals surface area (Å²) < 4.78 is 6.78. The zero-order valence-corrected chi connectivity index (χ0v) is 14.2. The summed E-state index contributed by atoms with van der Waals surface area (Å²) in [4.78, 5) is 23.0. The second kappa shape index (κ2) is 6.86. The molecule has 0 radical (unpaired) electrons. The summed E-state index contributed by atoms with van der Waals surface area (Å²) in [6, 6.07) is 1.95. The fourth-order valence-corrected chi connectivity index (χ4v) is 2.73. The molecule has 0 bridgehead atoms. The first-order valence-electron chi connectivity index (χ1n) is 7.99. The average molecular weight is 330 g/mol. The molecule has 2 aromatic rings. The van der Waals surface area contributed by atoms with E-state index in [1.807, 2.05) is 14.0 Å². The fraction of sp³-hybridized carbons (Fsp3) is 0.500. The predicted octanol–water partition coefficient (Wildman–Crippen LogP) is 0.926. The van der Waals surface area contributed by atoms with E-state index in [0.29, 0.717) is 17.4 Å². The Morgan fingerprint density at radius 1 is 1.29 bits per heavy atom. The van der Waals surface area contributed by atoms with Crippen molar-refractivity contribution in [2.45, 2.75) is 25.8 Å². The Bertz CT molecular complexity index is 684. The van der Waals surface area contributed by atoms with Gasteiger partial charge in [-0.15, -0.1) is 0 Å². The predicted molar refractivity (Wildman–Crippen MR) is 89.2 cm³/mol. The van der Waals surface area contributed by atoms with E-state index in [4.69, 9.17) is 4.74 Å². The highest BCUT2D eigenvalue weighted by Crippen LogP contribution is 2.17. The van der Waals surface area contributed by atoms with E-state index >= 15 is 0 Å². The highest BCUT2D eigenvalue weighted by atomic mass is 16.5. The van der Waals surface area contributed by atoms with Gasteiger partial charge in [0.1, 0.15) is 5.69 Å². The third kappa shape index (κ3) is 3.47. The van der Waals surface area contributed by atoms with Gasteiger partial charge in [-0.1, -0.05) is 0 Å². The SMILES string of the molecule is COc1cnc(N2CCC(NC(=O)c3cc(C)n(C)n3)CC2)nc1. The van der Waals surface area contributed by atoms with Crippen molar-refractivity contribution in [2.24, 2.45) is 7.05 Å². The second-order valence-electron chi connectivity index (χ2n) is 5.95. The van der Waals surface area contributed by atoms with Gasteiger partial charge in [0.15, 0.2) is 5.75 Å². The third-order valence-electron chi connectivity index (χ3n) is 4.31. The molecule has 24 heavy (non-hydrogen) atoms. The lowest BCUT2D eigenvalue weighted by Gasteiger charge is -2.32. The van der Waals surface area contributed by atoms with E-state index in [0.717, 1.165) is 31.6 Å². The van der Waals surface area contributed by atoms with Crippen LogP contribution < -0.4 is 15.0 Å². The number of piperidine rings is 1. The van der Waals surface area contributed by atoms with Crippen LogP contribution in [-0.2, 0) is 7.05 Å². The maximum Gasteiger partial charge on any atom is 0.272 e. The number of carbonyl (C=O) groups excluding carboxylic acids is 1. The van der Waals surface area contributed by atoms with Crippen molar-refractivity contribution in [2.75, 3.05) is 25.1 Å².